The van der Waals surface area contributed by atoms with Crippen LogP contribution in [0.2, 0.25) is 0 Å². The van der Waals surface area contributed by atoms with Gasteiger partial charge < -0.3 is 9.94 Å². The molecule has 0 radical (unpaired) electrons. The zero-order valence-electron chi connectivity index (χ0n) is 17.8. The summed E-state index contributed by atoms with van der Waals surface area (Å²) in [5, 5.41) is 17.2. The molecule has 0 N–H and O–H groups in total. The first-order valence-corrected chi connectivity index (χ1v) is 9.27. The van der Waals surface area contributed by atoms with Crippen LogP contribution in [-0.2, 0) is 11.8 Å². The number of ketones is 1. The van der Waals surface area contributed by atoms with Gasteiger partial charge in [-0.15, -0.1) is 0 Å². The van der Waals surface area contributed by atoms with Crippen molar-refractivity contribution in [1.29, 1.82) is 0 Å². The molecule has 3 aromatic rings. The van der Waals surface area contributed by atoms with Crippen molar-refractivity contribution in [1.82, 2.24) is 9.78 Å². The Bertz CT molecular complexity index is 1260. The van der Waals surface area contributed by atoms with Crippen LogP contribution in [0.4, 0.5) is 13.2 Å². The van der Waals surface area contributed by atoms with Crippen LogP contribution < -0.4 is 9.47 Å². The molecule has 3 rings (SSSR count). The van der Waals surface area contributed by atoms with E-state index in [-0.39, 0.29) is 16.8 Å². The summed E-state index contributed by atoms with van der Waals surface area (Å²) in [7, 11) is 1.26. The van der Waals surface area contributed by atoms with Gasteiger partial charge in [0.15, 0.2) is 5.69 Å². The van der Waals surface area contributed by atoms with Crippen LogP contribution in [0.5, 0.6) is 5.88 Å². The maximum Gasteiger partial charge on any atom is 0.491 e. The number of ether oxygens (including phenoxy) is 1. The van der Waals surface area contributed by atoms with Gasteiger partial charge in [-0.3, -0.25) is 4.79 Å². The zero-order valence-corrected chi connectivity index (χ0v) is 17.8. The summed E-state index contributed by atoms with van der Waals surface area (Å²) in [6.45, 7) is 8.33. The fourth-order valence-electron chi connectivity index (χ4n) is 3.60. The second-order valence-corrected chi connectivity index (χ2v) is 7.39. The Morgan fingerprint density at radius 3 is 2.29 bits per heavy atom. The highest BCUT2D eigenvalue weighted by Gasteiger charge is 2.43. The summed E-state index contributed by atoms with van der Waals surface area (Å²) in [6.07, 6.45) is -5.24. The third-order valence-corrected chi connectivity index (χ3v) is 5.43. The van der Waals surface area contributed by atoms with E-state index < -0.39 is 23.8 Å². The summed E-state index contributed by atoms with van der Waals surface area (Å²) in [5.74, 6) is -3.78. The Morgan fingerprint density at radius 1 is 1.10 bits per heavy atom. The maximum atomic E-state index is 13.5. The summed E-state index contributed by atoms with van der Waals surface area (Å²) in [4.78, 5) is 24.9. The number of hydrogen-bond donors (Lipinski definition) is 0. The number of esters is 1. The van der Waals surface area contributed by atoms with Crippen molar-refractivity contribution < 1.29 is 32.2 Å². The normalized spacial score (nSPS) is 11.8. The molecule has 0 aliphatic carbocycles. The van der Waals surface area contributed by atoms with Gasteiger partial charge in [-0.1, -0.05) is 6.07 Å². The van der Waals surface area contributed by atoms with E-state index >= 15 is 0 Å². The second-order valence-electron chi connectivity index (χ2n) is 7.39. The van der Waals surface area contributed by atoms with Gasteiger partial charge in [-0.2, -0.15) is 23.0 Å². The highest BCUT2D eigenvalue weighted by atomic mass is 19.4. The van der Waals surface area contributed by atoms with E-state index in [1.54, 1.807) is 33.8 Å². The predicted molar refractivity (Wildman–Crippen MR) is 105 cm³/mol. The Balaban J connectivity index is 2.29. The number of hydrogen-bond acceptors (Lipinski definition) is 5. The molecule has 0 bridgehead atoms. The summed E-state index contributed by atoms with van der Waals surface area (Å²) in [5.41, 5.74) is 2.71. The van der Waals surface area contributed by atoms with Gasteiger partial charge in [0.2, 0.25) is 17.2 Å². The third kappa shape index (κ3) is 3.51. The second kappa shape index (κ2) is 7.36. The molecule has 1 aromatic carbocycles. The van der Waals surface area contributed by atoms with Crippen LogP contribution >= 0.6 is 0 Å². The number of nitrogens with zero attached hydrogens (tertiary/aromatic N) is 3. The van der Waals surface area contributed by atoms with Crippen molar-refractivity contribution in [3.8, 4) is 5.88 Å². The minimum absolute atomic E-state index is 0.0858. The van der Waals surface area contributed by atoms with Crippen LogP contribution in [0.15, 0.2) is 12.1 Å². The third-order valence-electron chi connectivity index (χ3n) is 5.43. The van der Waals surface area contributed by atoms with E-state index in [9.17, 15) is 28.0 Å². The number of halogens is 3. The molecule has 0 amide bonds. The molecular formula is C21H20F3N3O4. The number of aryl methyl sites for hydroxylation is 4. The summed E-state index contributed by atoms with van der Waals surface area (Å²) < 4.78 is 44.3. The van der Waals surface area contributed by atoms with E-state index in [0.717, 1.165) is 9.41 Å². The van der Waals surface area contributed by atoms with Crippen molar-refractivity contribution in [2.75, 3.05) is 0 Å². The van der Waals surface area contributed by atoms with E-state index in [0.29, 0.717) is 33.3 Å². The SMILES string of the molecule is Cc1nn(C)c(OC(=O)C(F)(F)F)c1C(=O)c1ccc(C)c2c1c(C)c(C)c(C)[n+]2[O-]. The van der Waals surface area contributed by atoms with Gasteiger partial charge in [-0.05, 0) is 39.3 Å². The lowest BCUT2D eigenvalue weighted by atomic mass is 9.92. The molecule has 2 aromatic heterocycles. The first-order valence-electron chi connectivity index (χ1n) is 9.27. The predicted octanol–water partition coefficient (Wildman–Crippen LogP) is 3.45. The number of pyridine rings is 1. The molecule has 0 atom stereocenters. The monoisotopic (exact) mass is 435 g/mol. The fraction of sp³-hybridized carbons (Fsp3) is 0.333. The van der Waals surface area contributed by atoms with Crippen molar-refractivity contribution in [3.63, 3.8) is 0 Å². The lowest BCUT2D eigenvalue weighted by molar-refractivity contribution is -0.584. The Kier molecular flexibility index (Phi) is 5.29. The molecule has 0 saturated heterocycles. The molecule has 0 unspecified atom stereocenters. The van der Waals surface area contributed by atoms with Gasteiger partial charge in [0, 0.05) is 30.7 Å². The number of rotatable bonds is 3. The number of aromatic nitrogens is 3. The molecule has 0 fully saturated rings. The molecular weight excluding hydrogens is 415 g/mol. The molecule has 7 nitrogen and oxygen atoms in total. The number of carbonyl (C=O) groups excluding carboxylic acids is 2. The smallest absolute Gasteiger partial charge is 0.491 e. The molecule has 2 heterocycles. The highest BCUT2D eigenvalue weighted by molar-refractivity contribution is 6.18. The number of carbonyl (C=O) groups is 2. The van der Waals surface area contributed by atoms with Crippen molar-refractivity contribution >= 4 is 22.7 Å². The molecule has 0 saturated carbocycles. The summed E-state index contributed by atoms with van der Waals surface area (Å²) in [6, 6.07) is 3.09. The Labute approximate surface area is 175 Å². The molecule has 0 aliphatic heterocycles. The zero-order chi connectivity index (χ0) is 23.4. The topological polar surface area (TPSA) is 88.1 Å². The van der Waals surface area contributed by atoms with Crippen LogP contribution in [0.3, 0.4) is 0 Å². The average molecular weight is 435 g/mol. The first-order chi connectivity index (χ1) is 14.3. The standard InChI is InChI=1S/C21H20F3N3O4/c1-9-7-8-14(15-11(3)10(2)13(5)27(30)17(9)15)18(28)16-12(4)25-26(6)19(16)31-20(29)21(22,23)24/h7-8H,1-6H3. The quantitative estimate of drug-likeness (QED) is 0.272. The van der Waals surface area contributed by atoms with Gasteiger partial charge in [0.1, 0.15) is 5.56 Å². The molecule has 164 valence electrons. The van der Waals surface area contributed by atoms with Gasteiger partial charge in [0.05, 0.1) is 11.1 Å². The fourth-order valence-corrected chi connectivity index (χ4v) is 3.60. The van der Waals surface area contributed by atoms with Gasteiger partial charge in [-0.25, -0.2) is 9.48 Å². The Morgan fingerprint density at radius 2 is 1.71 bits per heavy atom. The van der Waals surface area contributed by atoms with Crippen LogP contribution in [0.25, 0.3) is 10.9 Å². The lowest BCUT2D eigenvalue weighted by Gasteiger charge is -2.16. The Hall–Kier alpha value is -3.43. The minimum atomic E-state index is -5.24. The molecule has 0 aliphatic rings. The van der Waals surface area contributed by atoms with Gasteiger partial charge >= 0.3 is 12.1 Å². The number of benzene rings is 1. The summed E-state index contributed by atoms with van der Waals surface area (Å²) >= 11 is 0. The van der Waals surface area contributed by atoms with Crippen LogP contribution in [0, 0.1) is 39.8 Å². The van der Waals surface area contributed by atoms with Crippen LogP contribution in [-0.4, -0.2) is 27.7 Å². The van der Waals surface area contributed by atoms with E-state index in [2.05, 4.69) is 9.84 Å². The van der Waals surface area contributed by atoms with Crippen LogP contribution in [0.1, 0.15) is 44.0 Å². The molecule has 0 spiro atoms. The number of fused-ring (bicyclic) bond motifs is 1. The van der Waals surface area contributed by atoms with E-state index in [1.807, 2.05) is 0 Å². The van der Waals surface area contributed by atoms with E-state index in [4.69, 9.17) is 0 Å². The molecule has 10 heteroatoms. The maximum absolute atomic E-state index is 13.5. The van der Waals surface area contributed by atoms with Gasteiger partial charge in [0.25, 0.3) is 0 Å². The first kappa shape index (κ1) is 22.3. The highest BCUT2D eigenvalue weighted by Crippen LogP contribution is 2.32. The largest absolute Gasteiger partial charge is 0.618 e. The minimum Gasteiger partial charge on any atom is -0.618 e. The average Bonchev–Trinajstić information content (AvgIpc) is 2.96. The van der Waals surface area contributed by atoms with Crippen molar-refractivity contribution in [2.24, 2.45) is 7.05 Å². The van der Waals surface area contributed by atoms with Crippen molar-refractivity contribution in [2.45, 2.75) is 40.8 Å². The van der Waals surface area contributed by atoms with E-state index in [1.165, 1.54) is 20.0 Å². The molecule has 31 heavy (non-hydrogen) atoms. The van der Waals surface area contributed by atoms with Crippen molar-refractivity contribution in [3.05, 3.63) is 56.5 Å². The number of alkyl halides is 3. The lowest BCUT2D eigenvalue weighted by Crippen LogP contribution is -2.34.